The number of para-hydroxylation sites is 1. The highest BCUT2D eigenvalue weighted by atomic mass is 16.4. The molecule has 0 radical (unpaired) electrons. The molecule has 2 rings (SSSR count). The molecule has 5 heteroatoms. The topological polar surface area (TPSA) is 77.8 Å². The van der Waals surface area contributed by atoms with Crippen molar-refractivity contribution in [3.05, 3.63) is 29.8 Å². The summed E-state index contributed by atoms with van der Waals surface area (Å²) in [5.41, 5.74) is 0.773. The molecule has 22 heavy (non-hydrogen) atoms. The highest BCUT2D eigenvalue weighted by molar-refractivity contribution is 5.77. The van der Waals surface area contributed by atoms with E-state index in [0.717, 1.165) is 24.8 Å². The summed E-state index contributed by atoms with van der Waals surface area (Å²) in [5.74, 6) is -0.540. The first kappa shape index (κ1) is 16.3. The largest absolute Gasteiger partial charge is 0.508 e. The highest BCUT2D eigenvalue weighted by Crippen LogP contribution is 2.23. The van der Waals surface area contributed by atoms with Crippen molar-refractivity contribution < 1.29 is 19.8 Å². The first-order valence-electron chi connectivity index (χ1n) is 7.86. The van der Waals surface area contributed by atoms with E-state index in [4.69, 9.17) is 5.11 Å². The molecule has 1 atom stereocenters. The lowest BCUT2D eigenvalue weighted by molar-refractivity contribution is -0.140. The molecular formula is C17H23NO4. The fourth-order valence-corrected chi connectivity index (χ4v) is 3.03. The van der Waals surface area contributed by atoms with Gasteiger partial charge in [0.1, 0.15) is 5.75 Å². The van der Waals surface area contributed by atoms with Crippen molar-refractivity contribution in [3.63, 3.8) is 0 Å². The van der Waals surface area contributed by atoms with Gasteiger partial charge in [-0.2, -0.15) is 0 Å². The number of aryl methyl sites for hydroxylation is 1. The van der Waals surface area contributed by atoms with Crippen LogP contribution in [0, 0.1) is 0 Å². The third-order valence-electron chi connectivity index (χ3n) is 4.24. The predicted molar refractivity (Wildman–Crippen MR) is 82.6 cm³/mol. The van der Waals surface area contributed by atoms with Gasteiger partial charge in [-0.25, -0.2) is 0 Å². The van der Waals surface area contributed by atoms with E-state index < -0.39 is 5.97 Å². The number of phenolic OH excluding ortho intramolecular Hbond substituents is 1. The Bertz CT molecular complexity index is 529. The molecule has 1 saturated heterocycles. The second kappa shape index (κ2) is 7.82. The summed E-state index contributed by atoms with van der Waals surface area (Å²) in [6, 6.07) is 7.09. The van der Waals surface area contributed by atoms with Crippen LogP contribution in [0.5, 0.6) is 5.75 Å². The second-order valence-corrected chi connectivity index (χ2v) is 5.80. The molecule has 1 aromatic rings. The van der Waals surface area contributed by atoms with E-state index in [1.165, 1.54) is 0 Å². The normalized spacial score (nSPS) is 18.2. The Kier molecular flexibility index (Phi) is 5.81. The second-order valence-electron chi connectivity index (χ2n) is 5.80. The van der Waals surface area contributed by atoms with E-state index in [1.807, 2.05) is 17.0 Å². The molecule has 1 unspecified atom stereocenters. The van der Waals surface area contributed by atoms with Crippen LogP contribution in [0.3, 0.4) is 0 Å². The van der Waals surface area contributed by atoms with Crippen LogP contribution >= 0.6 is 0 Å². The van der Waals surface area contributed by atoms with Gasteiger partial charge in [0, 0.05) is 25.4 Å². The molecule has 0 spiro atoms. The number of aliphatic carboxylic acids is 1. The quantitative estimate of drug-likeness (QED) is 0.846. The number of hydrogen-bond donors (Lipinski definition) is 2. The maximum Gasteiger partial charge on any atom is 0.303 e. The van der Waals surface area contributed by atoms with Crippen molar-refractivity contribution in [1.82, 2.24) is 4.90 Å². The summed E-state index contributed by atoms with van der Waals surface area (Å²) in [6.07, 6.45) is 4.40. The molecule has 1 aliphatic rings. The van der Waals surface area contributed by atoms with E-state index in [9.17, 15) is 14.7 Å². The predicted octanol–water partition coefficient (Wildman–Crippen LogP) is 2.57. The van der Waals surface area contributed by atoms with Gasteiger partial charge in [-0.05, 0) is 43.7 Å². The minimum absolute atomic E-state index is 0.0433. The van der Waals surface area contributed by atoms with Crippen LogP contribution in [0.2, 0.25) is 0 Å². The zero-order valence-electron chi connectivity index (χ0n) is 12.7. The number of rotatable bonds is 6. The smallest absolute Gasteiger partial charge is 0.303 e. The van der Waals surface area contributed by atoms with E-state index >= 15 is 0 Å². The number of aromatic hydroxyl groups is 1. The molecule has 2 N–H and O–H groups in total. The number of piperidine rings is 1. The number of hydrogen-bond acceptors (Lipinski definition) is 3. The minimum atomic E-state index is -0.813. The zero-order chi connectivity index (χ0) is 15.9. The third-order valence-corrected chi connectivity index (χ3v) is 4.24. The Morgan fingerprint density at radius 1 is 1.18 bits per heavy atom. The van der Waals surface area contributed by atoms with Crippen molar-refractivity contribution in [3.8, 4) is 5.75 Å². The molecule has 1 fully saturated rings. The Labute approximate surface area is 130 Å². The van der Waals surface area contributed by atoms with Crippen LogP contribution in [0.25, 0.3) is 0 Å². The van der Waals surface area contributed by atoms with Crippen molar-refractivity contribution in [2.75, 3.05) is 6.54 Å². The van der Waals surface area contributed by atoms with Gasteiger partial charge >= 0.3 is 5.97 Å². The summed E-state index contributed by atoms with van der Waals surface area (Å²) in [7, 11) is 0. The lowest BCUT2D eigenvalue weighted by Crippen LogP contribution is -2.44. The van der Waals surface area contributed by atoms with E-state index in [0.29, 0.717) is 25.8 Å². The number of carboxylic acid groups (broad SMARTS) is 1. The number of nitrogens with zero attached hydrogens (tertiary/aromatic N) is 1. The fourth-order valence-electron chi connectivity index (χ4n) is 3.03. The molecular weight excluding hydrogens is 282 g/mol. The number of amides is 1. The maximum atomic E-state index is 12.4. The molecule has 1 aromatic carbocycles. The SMILES string of the molecule is O=C(O)CCC1CCCCN1C(=O)CCc1ccccc1O. The molecule has 1 heterocycles. The molecule has 1 aliphatic heterocycles. The maximum absolute atomic E-state index is 12.4. The Morgan fingerprint density at radius 3 is 2.68 bits per heavy atom. The Balaban J connectivity index is 1.91. The minimum Gasteiger partial charge on any atom is -0.508 e. The molecule has 0 saturated carbocycles. The zero-order valence-corrected chi connectivity index (χ0v) is 12.7. The standard InChI is InChI=1S/C17H23NO4/c19-15-7-2-1-5-13(15)8-10-16(20)18-12-4-3-6-14(18)9-11-17(21)22/h1-2,5,7,14,19H,3-4,6,8-12H2,(H,21,22). The van der Waals surface area contributed by atoms with E-state index in [1.54, 1.807) is 12.1 Å². The molecule has 0 bridgehead atoms. The monoisotopic (exact) mass is 305 g/mol. The third kappa shape index (κ3) is 4.48. The van der Waals surface area contributed by atoms with Crippen LogP contribution in [-0.2, 0) is 16.0 Å². The summed E-state index contributed by atoms with van der Waals surface area (Å²) in [4.78, 5) is 25.0. The van der Waals surface area contributed by atoms with Crippen LogP contribution in [-0.4, -0.2) is 39.6 Å². The lowest BCUT2D eigenvalue weighted by atomic mass is 9.97. The average molecular weight is 305 g/mol. The molecule has 0 aliphatic carbocycles. The first-order valence-corrected chi connectivity index (χ1v) is 7.86. The lowest BCUT2D eigenvalue weighted by Gasteiger charge is -2.35. The Morgan fingerprint density at radius 2 is 1.95 bits per heavy atom. The van der Waals surface area contributed by atoms with Crippen LogP contribution < -0.4 is 0 Å². The number of carbonyl (C=O) groups excluding carboxylic acids is 1. The number of carbonyl (C=O) groups is 2. The van der Waals surface area contributed by atoms with Crippen molar-refractivity contribution >= 4 is 11.9 Å². The van der Waals surface area contributed by atoms with Crippen molar-refractivity contribution in [1.29, 1.82) is 0 Å². The summed E-state index contributed by atoms with van der Waals surface area (Å²) < 4.78 is 0. The van der Waals surface area contributed by atoms with Gasteiger partial charge < -0.3 is 15.1 Å². The summed E-state index contributed by atoms with van der Waals surface area (Å²) in [5, 5.41) is 18.6. The van der Waals surface area contributed by atoms with Gasteiger partial charge in [0.05, 0.1) is 0 Å². The van der Waals surface area contributed by atoms with E-state index in [2.05, 4.69) is 0 Å². The number of phenols is 1. The molecule has 120 valence electrons. The first-order chi connectivity index (χ1) is 10.6. The van der Waals surface area contributed by atoms with Crippen LogP contribution in [0.15, 0.2) is 24.3 Å². The summed E-state index contributed by atoms with van der Waals surface area (Å²) >= 11 is 0. The Hall–Kier alpha value is -2.04. The molecule has 1 amide bonds. The fraction of sp³-hybridized carbons (Fsp3) is 0.529. The average Bonchev–Trinajstić information content (AvgIpc) is 2.52. The van der Waals surface area contributed by atoms with Crippen LogP contribution in [0.1, 0.15) is 44.1 Å². The highest BCUT2D eigenvalue weighted by Gasteiger charge is 2.26. The van der Waals surface area contributed by atoms with Gasteiger partial charge in [0.2, 0.25) is 5.91 Å². The van der Waals surface area contributed by atoms with Crippen molar-refractivity contribution in [2.24, 2.45) is 0 Å². The van der Waals surface area contributed by atoms with Gasteiger partial charge in [-0.1, -0.05) is 18.2 Å². The van der Waals surface area contributed by atoms with Gasteiger partial charge in [0.25, 0.3) is 0 Å². The number of carboxylic acids is 1. The summed E-state index contributed by atoms with van der Waals surface area (Å²) in [6.45, 7) is 0.712. The van der Waals surface area contributed by atoms with E-state index in [-0.39, 0.29) is 24.1 Å². The molecule has 5 nitrogen and oxygen atoms in total. The van der Waals surface area contributed by atoms with Crippen molar-refractivity contribution in [2.45, 2.75) is 51.0 Å². The number of likely N-dealkylation sites (tertiary alicyclic amines) is 1. The number of benzene rings is 1. The van der Waals surface area contributed by atoms with Gasteiger partial charge in [-0.3, -0.25) is 9.59 Å². The van der Waals surface area contributed by atoms with Crippen LogP contribution in [0.4, 0.5) is 0 Å². The van der Waals surface area contributed by atoms with Gasteiger partial charge in [0.15, 0.2) is 0 Å². The molecule has 0 aromatic heterocycles. The van der Waals surface area contributed by atoms with Gasteiger partial charge in [-0.15, -0.1) is 0 Å².